The number of fused-ring (bicyclic) bond motifs is 1. The number of benzene rings is 2. The summed E-state index contributed by atoms with van der Waals surface area (Å²) in [6.45, 7) is 4.23. The highest BCUT2D eigenvalue weighted by molar-refractivity contribution is 5.97. The molecule has 33 heavy (non-hydrogen) atoms. The maximum atomic E-state index is 13.5. The Labute approximate surface area is 191 Å². The third-order valence-electron chi connectivity index (χ3n) is 5.95. The first-order valence-electron chi connectivity index (χ1n) is 11.0. The zero-order valence-corrected chi connectivity index (χ0v) is 18.4. The van der Waals surface area contributed by atoms with Gasteiger partial charge in [0.05, 0.1) is 25.0 Å². The van der Waals surface area contributed by atoms with E-state index in [1.807, 2.05) is 35.2 Å². The molecule has 3 heterocycles. The Hall–Kier alpha value is -3.65. The molecule has 0 saturated carbocycles. The molecular formula is C25H25N3O5. The Kier molecular flexibility index (Phi) is 6.08. The molecule has 0 aliphatic carbocycles. The van der Waals surface area contributed by atoms with E-state index in [-0.39, 0.29) is 18.4 Å². The standard InChI is InChI=1S/C25H25N3O5/c1-17-22(27-33-26-17)16-32-24-7-3-2-6-21(24)25(29)28-10-12-30-15-18(14-28)13-19-5-4-8-23-20(19)9-11-31-23/h2-9,11,18H,10,12-16H2,1H3. The molecule has 4 aromatic rings. The van der Waals surface area contributed by atoms with E-state index in [0.29, 0.717) is 49.0 Å². The summed E-state index contributed by atoms with van der Waals surface area (Å²) < 4.78 is 22.0. The van der Waals surface area contributed by atoms with Crippen LogP contribution in [0.25, 0.3) is 11.0 Å². The SMILES string of the molecule is Cc1nonc1COc1ccccc1C(=O)N1CCOCC(Cc2cccc3occc23)C1. The number of furan rings is 1. The second-order valence-electron chi connectivity index (χ2n) is 8.23. The minimum atomic E-state index is -0.0716. The molecule has 1 amide bonds. The fourth-order valence-corrected chi connectivity index (χ4v) is 4.20. The van der Waals surface area contributed by atoms with Crippen molar-refractivity contribution < 1.29 is 23.3 Å². The van der Waals surface area contributed by atoms with Gasteiger partial charge in [0.1, 0.15) is 29.3 Å². The topological polar surface area (TPSA) is 90.8 Å². The molecule has 2 aromatic heterocycles. The lowest BCUT2D eigenvalue weighted by molar-refractivity contribution is 0.0732. The van der Waals surface area contributed by atoms with Crippen LogP contribution in [0.4, 0.5) is 0 Å². The number of aryl methyl sites for hydroxylation is 1. The van der Waals surface area contributed by atoms with Crippen molar-refractivity contribution in [3.63, 3.8) is 0 Å². The van der Waals surface area contributed by atoms with Gasteiger partial charge >= 0.3 is 0 Å². The molecule has 1 saturated heterocycles. The molecule has 1 unspecified atom stereocenters. The normalized spacial score (nSPS) is 16.6. The number of ether oxygens (including phenoxy) is 2. The number of amides is 1. The van der Waals surface area contributed by atoms with E-state index >= 15 is 0 Å². The van der Waals surface area contributed by atoms with Crippen LogP contribution in [0.1, 0.15) is 27.3 Å². The van der Waals surface area contributed by atoms with Crippen molar-refractivity contribution in [3.8, 4) is 5.75 Å². The van der Waals surface area contributed by atoms with E-state index in [4.69, 9.17) is 18.5 Å². The lowest BCUT2D eigenvalue weighted by Gasteiger charge is -2.25. The first-order chi connectivity index (χ1) is 16.2. The average molecular weight is 447 g/mol. The molecule has 2 aromatic carbocycles. The number of nitrogens with zero attached hydrogens (tertiary/aromatic N) is 3. The molecule has 5 rings (SSSR count). The van der Waals surface area contributed by atoms with E-state index in [1.54, 1.807) is 25.3 Å². The summed E-state index contributed by atoms with van der Waals surface area (Å²) in [5, 5.41) is 8.72. The maximum absolute atomic E-state index is 13.5. The molecule has 170 valence electrons. The highest BCUT2D eigenvalue weighted by Gasteiger charge is 2.26. The van der Waals surface area contributed by atoms with Crippen molar-refractivity contribution in [3.05, 3.63) is 77.3 Å². The van der Waals surface area contributed by atoms with E-state index < -0.39 is 0 Å². The van der Waals surface area contributed by atoms with Crippen LogP contribution in [0.15, 0.2) is 63.8 Å². The van der Waals surface area contributed by atoms with Crippen molar-refractivity contribution in [2.24, 2.45) is 5.92 Å². The van der Waals surface area contributed by atoms with Crippen molar-refractivity contribution in [1.82, 2.24) is 15.2 Å². The van der Waals surface area contributed by atoms with Gasteiger partial charge in [-0.1, -0.05) is 34.6 Å². The van der Waals surface area contributed by atoms with Crippen molar-refractivity contribution in [2.75, 3.05) is 26.3 Å². The fourth-order valence-electron chi connectivity index (χ4n) is 4.20. The molecule has 0 bridgehead atoms. The maximum Gasteiger partial charge on any atom is 0.257 e. The van der Waals surface area contributed by atoms with Gasteiger partial charge in [-0.2, -0.15) is 0 Å². The summed E-state index contributed by atoms with van der Waals surface area (Å²) in [7, 11) is 0. The highest BCUT2D eigenvalue weighted by Crippen LogP contribution is 2.26. The number of hydrogen-bond donors (Lipinski definition) is 0. The Bertz CT molecular complexity index is 1250. The molecule has 8 nitrogen and oxygen atoms in total. The first kappa shape index (κ1) is 21.2. The van der Waals surface area contributed by atoms with Crippen LogP contribution < -0.4 is 4.74 Å². The summed E-state index contributed by atoms with van der Waals surface area (Å²) in [6, 6.07) is 15.3. The Morgan fingerprint density at radius 2 is 2.06 bits per heavy atom. The van der Waals surface area contributed by atoms with Gasteiger partial charge in [-0.15, -0.1) is 0 Å². The highest BCUT2D eigenvalue weighted by atomic mass is 16.6. The van der Waals surface area contributed by atoms with Gasteiger partial charge in [-0.05, 0) is 43.2 Å². The van der Waals surface area contributed by atoms with Gasteiger partial charge < -0.3 is 18.8 Å². The summed E-state index contributed by atoms with van der Waals surface area (Å²) >= 11 is 0. The first-order valence-corrected chi connectivity index (χ1v) is 11.0. The van der Waals surface area contributed by atoms with Crippen LogP contribution in [0.2, 0.25) is 0 Å². The second-order valence-corrected chi connectivity index (χ2v) is 8.23. The third-order valence-corrected chi connectivity index (χ3v) is 5.95. The monoisotopic (exact) mass is 447 g/mol. The van der Waals surface area contributed by atoms with Crippen molar-refractivity contribution >= 4 is 16.9 Å². The largest absolute Gasteiger partial charge is 0.486 e. The van der Waals surface area contributed by atoms with Gasteiger partial charge in [-0.3, -0.25) is 4.79 Å². The third kappa shape index (κ3) is 4.61. The predicted octanol–water partition coefficient (Wildman–Crippen LogP) is 4.03. The fraction of sp³-hybridized carbons (Fsp3) is 0.320. The van der Waals surface area contributed by atoms with Crippen LogP contribution in [0.5, 0.6) is 5.75 Å². The molecule has 1 atom stereocenters. The van der Waals surface area contributed by atoms with Gasteiger partial charge in [0, 0.05) is 24.4 Å². The Morgan fingerprint density at radius 1 is 1.15 bits per heavy atom. The molecule has 1 fully saturated rings. The molecule has 0 spiro atoms. The van der Waals surface area contributed by atoms with Crippen molar-refractivity contribution in [1.29, 1.82) is 0 Å². The number of rotatable bonds is 6. The van der Waals surface area contributed by atoms with Gasteiger partial charge in [0.15, 0.2) is 0 Å². The molecule has 0 radical (unpaired) electrons. The molecule has 1 aliphatic rings. The zero-order valence-electron chi connectivity index (χ0n) is 18.4. The predicted molar refractivity (Wildman–Crippen MR) is 120 cm³/mol. The Balaban J connectivity index is 1.32. The lowest BCUT2D eigenvalue weighted by Crippen LogP contribution is -2.36. The number of carbonyl (C=O) groups is 1. The van der Waals surface area contributed by atoms with Crippen LogP contribution in [-0.2, 0) is 17.8 Å². The van der Waals surface area contributed by atoms with Crippen LogP contribution >= 0.6 is 0 Å². The lowest BCUT2D eigenvalue weighted by atomic mass is 9.97. The average Bonchev–Trinajstić information content (AvgIpc) is 3.42. The van der Waals surface area contributed by atoms with Gasteiger partial charge in [0.25, 0.3) is 5.91 Å². The van der Waals surface area contributed by atoms with E-state index in [0.717, 1.165) is 17.4 Å². The number of aromatic nitrogens is 2. The number of carbonyl (C=O) groups excluding carboxylic acids is 1. The second kappa shape index (κ2) is 9.46. The quantitative estimate of drug-likeness (QED) is 0.441. The Morgan fingerprint density at radius 3 is 2.94 bits per heavy atom. The molecule has 1 aliphatic heterocycles. The smallest absolute Gasteiger partial charge is 0.257 e. The van der Waals surface area contributed by atoms with Crippen LogP contribution in [-0.4, -0.2) is 47.4 Å². The van der Waals surface area contributed by atoms with Crippen molar-refractivity contribution in [2.45, 2.75) is 20.0 Å². The van der Waals surface area contributed by atoms with E-state index in [1.165, 1.54) is 5.56 Å². The number of hydrogen-bond acceptors (Lipinski definition) is 7. The summed E-state index contributed by atoms with van der Waals surface area (Å²) in [5.41, 5.74) is 3.86. The zero-order chi connectivity index (χ0) is 22.6. The molecule has 0 N–H and O–H groups in total. The summed E-state index contributed by atoms with van der Waals surface area (Å²) in [6.07, 6.45) is 2.51. The number of para-hydroxylation sites is 1. The minimum absolute atomic E-state index is 0.0716. The van der Waals surface area contributed by atoms with Gasteiger partial charge in [0.2, 0.25) is 0 Å². The van der Waals surface area contributed by atoms with E-state index in [9.17, 15) is 4.79 Å². The van der Waals surface area contributed by atoms with Crippen LogP contribution in [0, 0.1) is 12.8 Å². The molecule has 8 heteroatoms. The van der Waals surface area contributed by atoms with E-state index in [2.05, 4.69) is 16.4 Å². The van der Waals surface area contributed by atoms with Gasteiger partial charge in [-0.25, -0.2) is 4.63 Å². The minimum Gasteiger partial charge on any atom is -0.486 e. The summed E-state index contributed by atoms with van der Waals surface area (Å²) in [5.74, 6) is 0.612. The summed E-state index contributed by atoms with van der Waals surface area (Å²) in [4.78, 5) is 15.4. The van der Waals surface area contributed by atoms with Crippen LogP contribution in [0.3, 0.4) is 0 Å². The molecular weight excluding hydrogens is 422 g/mol.